The average Bonchev–Trinajstić information content (AvgIpc) is 2.19. The van der Waals surface area contributed by atoms with E-state index in [0.717, 1.165) is 0 Å². The maximum atomic E-state index is 11.9. The molecule has 0 saturated carbocycles. The Hall–Kier alpha value is -0.870. The Morgan fingerprint density at radius 1 is 1.24 bits per heavy atom. The van der Waals surface area contributed by atoms with E-state index >= 15 is 0 Å². The predicted molar refractivity (Wildman–Crippen MR) is 66.7 cm³/mol. The molecule has 0 spiro atoms. The number of hydrogen-bond acceptors (Lipinski definition) is 4. The van der Waals surface area contributed by atoms with E-state index in [1.165, 1.54) is 0 Å². The Labute approximate surface area is 110 Å². The molecule has 0 aliphatic rings. The average molecular weight is 277 g/mol. The van der Waals surface area contributed by atoms with Crippen LogP contribution in [0.25, 0.3) is 0 Å². The zero-order chi connectivity index (χ0) is 13.2. The highest BCUT2D eigenvalue weighted by molar-refractivity contribution is 6.34. The first-order chi connectivity index (χ1) is 7.79. The predicted octanol–water partition coefficient (Wildman–Crippen LogP) is 3.26. The third-order valence-corrected chi connectivity index (χ3v) is 2.65. The standard InChI is InChI=1S/C11H14Cl2N2O2/c1-5-17-10(16)6-7(11(2,3)4)9(13)15-14-8(6)12/h5H2,1-4H3. The molecule has 1 aromatic heterocycles. The van der Waals surface area contributed by atoms with Gasteiger partial charge in [-0.2, -0.15) is 0 Å². The Morgan fingerprint density at radius 2 is 1.76 bits per heavy atom. The normalized spacial score (nSPS) is 11.4. The molecule has 1 aromatic rings. The number of hydrogen-bond donors (Lipinski definition) is 0. The van der Waals surface area contributed by atoms with E-state index in [0.29, 0.717) is 5.56 Å². The number of ether oxygens (including phenoxy) is 1. The third-order valence-electron chi connectivity index (χ3n) is 2.12. The summed E-state index contributed by atoms with van der Waals surface area (Å²) in [6, 6.07) is 0. The number of esters is 1. The van der Waals surface area contributed by atoms with E-state index in [1.807, 2.05) is 20.8 Å². The van der Waals surface area contributed by atoms with E-state index in [1.54, 1.807) is 6.92 Å². The lowest BCUT2D eigenvalue weighted by molar-refractivity contribution is 0.0523. The summed E-state index contributed by atoms with van der Waals surface area (Å²) >= 11 is 11.9. The van der Waals surface area contributed by atoms with Crippen molar-refractivity contribution in [3.05, 3.63) is 21.4 Å². The van der Waals surface area contributed by atoms with Crippen LogP contribution in [-0.2, 0) is 10.2 Å². The van der Waals surface area contributed by atoms with Crippen LogP contribution in [0.1, 0.15) is 43.6 Å². The van der Waals surface area contributed by atoms with Crippen LogP contribution in [0.4, 0.5) is 0 Å². The van der Waals surface area contributed by atoms with Gasteiger partial charge in [-0.3, -0.25) is 0 Å². The maximum Gasteiger partial charge on any atom is 0.341 e. The van der Waals surface area contributed by atoms with Crippen molar-refractivity contribution in [2.45, 2.75) is 33.1 Å². The van der Waals surface area contributed by atoms with Gasteiger partial charge in [0.15, 0.2) is 10.3 Å². The molecular formula is C11H14Cl2N2O2. The van der Waals surface area contributed by atoms with Crippen molar-refractivity contribution in [3.8, 4) is 0 Å². The number of carbonyl (C=O) groups excluding carboxylic acids is 1. The summed E-state index contributed by atoms with van der Waals surface area (Å²) in [4.78, 5) is 11.9. The molecule has 0 fully saturated rings. The second kappa shape index (κ2) is 5.19. The second-order valence-corrected chi connectivity index (χ2v) is 5.22. The van der Waals surface area contributed by atoms with Crippen molar-refractivity contribution in [2.24, 2.45) is 0 Å². The van der Waals surface area contributed by atoms with Gasteiger partial charge in [-0.15, -0.1) is 10.2 Å². The lowest BCUT2D eigenvalue weighted by atomic mass is 9.85. The molecule has 0 aliphatic carbocycles. The van der Waals surface area contributed by atoms with Crippen LogP contribution in [0.5, 0.6) is 0 Å². The molecule has 94 valence electrons. The van der Waals surface area contributed by atoms with Crippen LogP contribution in [0.15, 0.2) is 0 Å². The largest absolute Gasteiger partial charge is 0.462 e. The molecule has 6 heteroatoms. The molecule has 1 rings (SSSR count). The van der Waals surface area contributed by atoms with Gasteiger partial charge in [0, 0.05) is 5.56 Å². The summed E-state index contributed by atoms with van der Waals surface area (Å²) in [6.07, 6.45) is 0. The van der Waals surface area contributed by atoms with Crippen LogP contribution in [-0.4, -0.2) is 22.8 Å². The van der Waals surface area contributed by atoms with E-state index in [2.05, 4.69) is 10.2 Å². The van der Waals surface area contributed by atoms with Crippen molar-refractivity contribution in [3.63, 3.8) is 0 Å². The molecule has 0 radical (unpaired) electrons. The summed E-state index contributed by atoms with van der Waals surface area (Å²) in [5.74, 6) is -0.528. The van der Waals surface area contributed by atoms with Crippen molar-refractivity contribution in [2.75, 3.05) is 6.61 Å². The Kier molecular flexibility index (Phi) is 4.33. The molecule has 4 nitrogen and oxygen atoms in total. The van der Waals surface area contributed by atoms with Crippen LogP contribution < -0.4 is 0 Å². The zero-order valence-corrected chi connectivity index (χ0v) is 11.7. The molecule has 0 saturated heterocycles. The molecule has 0 aromatic carbocycles. The van der Waals surface area contributed by atoms with E-state index in [4.69, 9.17) is 27.9 Å². The monoisotopic (exact) mass is 276 g/mol. The highest BCUT2D eigenvalue weighted by atomic mass is 35.5. The Bertz CT molecular complexity index is 442. The van der Waals surface area contributed by atoms with Gasteiger partial charge in [-0.05, 0) is 12.3 Å². The van der Waals surface area contributed by atoms with Gasteiger partial charge in [-0.25, -0.2) is 4.79 Å². The number of nitrogens with zero attached hydrogens (tertiary/aromatic N) is 2. The van der Waals surface area contributed by atoms with Crippen molar-refractivity contribution >= 4 is 29.2 Å². The van der Waals surface area contributed by atoms with E-state index in [9.17, 15) is 4.79 Å². The Morgan fingerprint density at radius 3 is 2.24 bits per heavy atom. The van der Waals surface area contributed by atoms with Crippen molar-refractivity contribution in [1.29, 1.82) is 0 Å². The molecule has 0 atom stereocenters. The summed E-state index contributed by atoms with van der Waals surface area (Å²) in [5, 5.41) is 7.55. The zero-order valence-electron chi connectivity index (χ0n) is 10.2. The number of rotatable bonds is 2. The lowest BCUT2D eigenvalue weighted by Crippen LogP contribution is -2.21. The maximum absolute atomic E-state index is 11.9. The summed E-state index contributed by atoms with van der Waals surface area (Å²) < 4.78 is 4.95. The second-order valence-electron chi connectivity index (χ2n) is 4.50. The fraction of sp³-hybridized carbons (Fsp3) is 0.545. The lowest BCUT2D eigenvalue weighted by Gasteiger charge is -2.22. The first kappa shape index (κ1) is 14.2. The molecule has 0 aliphatic heterocycles. The van der Waals surface area contributed by atoms with Gasteiger partial charge in [0.25, 0.3) is 0 Å². The van der Waals surface area contributed by atoms with Crippen LogP contribution in [0, 0.1) is 0 Å². The molecule has 1 heterocycles. The highest BCUT2D eigenvalue weighted by Crippen LogP contribution is 2.34. The topological polar surface area (TPSA) is 52.1 Å². The van der Waals surface area contributed by atoms with Gasteiger partial charge >= 0.3 is 5.97 Å². The quantitative estimate of drug-likeness (QED) is 0.778. The van der Waals surface area contributed by atoms with Crippen LogP contribution >= 0.6 is 23.2 Å². The summed E-state index contributed by atoms with van der Waals surface area (Å²) in [6.45, 7) is 7.72. The van der Waals surface area contributed by atoms with Crippen molar-refractivity contribution in [1.82, 2.24) is 10.2 Å². The molecule has 0 bridgehead atoms. The fourth-order valence-electron chi connectivity index (χ4n) is 1.47. The van der Waals surface area contributed by atoms with Gasteiger partial charge in [0.05, 0.1) is 6.61 Å². The number of carbonyl (C=O) groups is 1. The number of halogens is 2. The molecular weight excluding hydrogens is 263 g/mol. The number of aromatic nitrogens is 2. The first-order valence-electron chi connectivity index (χ1n) is 5.18. The van der Waals surface area contributed by atoms with Gasteiger partial charge in [0.1, 0.15) is 5.56 Å². The van der Waals surface area contributed by atoms with Gasteiger partial charge < -0.3 is 4.74 Å². The minimum atomic E-state index is -0.528. The fourth-order valence-corrected chi connectivity index (χ4v) is 2.09. The minimum Gasteiger partial charge on any atom is -0.462 e. The van der Waals surface area contributed by atoms with Crippen molar-refractivity contribution < 1.29 is 9.53 Å². The van der Waals surface area contributed by atoms with Gasteiger partial charge in [0.2, 0.25) is 0 Å². The highest BCUT2D eigenvalue weighted by Gasteiger charge is 2.29. The molecule has 0 unspecified atom stereocenters. The Balaban J connectivity index is 3.46. The van der Waals surface area contributed by atoms with E-state index in [-0.39, 0.29) is 27.9 Å². The smallest absolute Gasteiger partial charge is 0.341 e. The first-order valence-corrected chi connectivity index (χ1v) is 5.94. The molecule has 17 heavy (non-hydrogen) atoms. The molecule has 0 amide bonds. The SMILES string of the molecule is CCOC(=O)c1c(Cl)nnc(Cl)c1C(C)(C)C. The minimum absolute atomic E-state index is 0.0118. The van der Waals surface area contributed by atoms with Crippen LogP contribution in [0.2, 0.25) is 10.3 Å². The third kappa shape index (κ3) is 3.07. The van der Waals surface area contributed by atoms with Gasteiger partial charge in [-0.1, -0.05) is 44.0 Å². The van der Waals surface area contributed by atoms with E-state index < -0.39 is 5.97 Å². The van der Waals surface area contributed by atoms with Crippen LogP contribution in [0.3, 0.4) is 0 Å². The molecule has 0 N–H and O–H groups in total. The summed E-state index contributed by atoms with van der Waals surface area (Å²) in [7, 11) is 0. The summed E-state index contributed by atoms with van der Waals surface area (Å²) in [5.41, 5.74) is 0.373.